The number of fused-ring (bicyclic) bond motifs is 5. The minimum Gasteiger partial charge on any atom is -0.159 e. The van der Waals surface area contributed by atoms with Gasteiger partial charge in [-0.2, -0.15) is 11.8 Å². The maximum absolute atomic E-state index is 2.62. The molecule has 6 aliphatic rings. The molecule has 0 N–H and O–H groups in total. The normalized spacial score (nSPS) is 64.4. The van der Waals surface area contributed by atoms with Crippen molar-refractivity contribution in [3.8, 4) is 0 Å². The van der Waals surface area contributed by atoms with Crippen LogP contribution in [0.15, 0.2) is 0 Å². The van der Waals surface area contributed by atoms with Gasteiger partial charge in [0.25, 0.3) is 0 Å². The molecule has 1 heteroatoms. The molecule has 0 heterocycles. The molecule has 10 atom stereocenters. The average molecular weight is 331 g/mol. The minimum absolute atomic E-state index is 0.927. The second-order valence-electron chi connectivity index (χ2n) is 10.4. The van der Waals surface area contributed by atoms with Gasteiger partial charge in [-0.3, -0.25) is 0 Å². The first-order chi connectivity index (χ1) is 11.2. The van der Waals surface area contributed by atoms with Crippen molar-refractivity contribution in [2.75, 3.05) is 5.75 Å². The van der Waals surface area contributed by atoms with E-state index in [2.05, 4.69) is 25.6 Å². The van der Waals surface area contributed by atoms with Crippen LogP contribution in [0.1, 0.15) is 71.6 Å². The molecule has 0 nitrogen and oxygen atoms in total. The van der Waals surface area contributed by atoms with Crippen LogP contribution < -0.4 is 0 Å². The number of thioether (sulfide) groups is 1. The van der Waals surface area contributed by atoms with Gasteiger partial charge in [0.2, 0.25) is 0 Å². The lowest BCUT2D eigenvalue weighted by atomic mass is 9.67. The van der Waals surface area contributed by atoms with Crippen molar-refractivity contribution in [2.45, 2.75) is 76.9 Å². The lowest BCUT2D eigenvalue weighted by molar-refractivity contribution is 0.110. The summed E-state index contributed by atoms with van der Waals surface area (Å²) >= 11 is 2.30. The first-order valence-corrected chi connectivity index (χ1v) is 11.9. The Labute approximate surface area is 146 Å². The molecule has 0 aliphatic heterocycles. The highest BCUT2D eigenvalue weighted by atomic mass is 32.2. The van der Waals surface area contributed by atoms with E-state index in [0.29, 0.717) is 0 Å². The zero-order valence-corrected chi connectivity index (χ0v) is 15.9. The lowest BCUT2D eigenvalue weighted by Crippen LogP contribution is -2.32. The van der Waals surface area contributed by atoms with Crippen LogP contribution in [0.5, 0.6) is 0 Å². The van der Waals surface area contributed by atoms with E-state index in [4.69, 9.17) is 0 Å². The Morgan fingerprint density at radius 3 is 2.57 bits per heavy atom. The molecule has 0 aromatic carbocycles. The second kappa shape index (κ2) is 4.54. The molecule has 0 saturated heterocycles. The zero-order valence-electron chi connectivity index (χ0n) is 15.1. The molecule has 6 fully saturated rings. The topological polar surface area (TPSA) is 0 Å². The minimum atomic E-state index is 0.927. The Balaban J connectivity index is 1.19. The molecular weight excluding hydrogens is 296 g/mol. The van der Waals surface area contributed by atoms with Crippen molar-refractivity contribution in [1.29, 1.82) is 0 Å². The van der Waals surface area contributed by atoms with Crippen LogP contribution in [0, 0.1) is 52.3 Å². The van der Waals surface area contributed by atoms with Crippen molar-refractivity contribution in [1.82, 2.24) is 0 Å². The summed E-state index contributed by atoms with van der Waals surface area (Å²) in [6, 6.07) is 0. The van der Waals surface area contributed by atoms with E-state index in [9.17, 15) is 0 Å². The number of rotatable bonds is 4. The third-order valence-electron chi connectivity index (χ3n) is 9.85. The molecule has 6 rings (SSSR count). The monoisotopic (exact) mass is 330 g/mol. The summed E-state index contributed by atoms with van der Waals surface area (Å²) in [6.45, 7) is 5.00. The van der Waals surface area contributed by atoms with Crippen LogP contribution in [0.25, 0.3) is 0 Å². The molecule has 0 amide bonds. The molecule has 6 aliphatic carbocycles. The standard InChI is InChI=1S/C22H34S/c1-3-23-17-6-4-5-14-7-8-15(9-14)10-16(11-17)12-21-13(2)18-19-20(21)22(18,19)21/h13-20H,3-12H2,1-2H3. The maximum Gasteiger partial charge on any atom is 0.00495 e. The first kappa shape index (κ1) is 14.5. The fourth-order valence-electron chi connectivity index (χ4n) is 9.17. The van der Waals surface area contributed by atoms with Gasteiger partial charge < -0.3 is 0 Å². The quantitative estimate of drug-likeness (QED) is 0.608. The van der Waals surface area contributed by atoms with E-state index in [1.807, 2.05) is 0 Å². The van der Waals surface area contributed by atoms with E-state index in [1.165, 1.54) is 36.3 Å². The Hall–Kier alpha value is 0.350. The summed E-state index contributed by atoms with van der Waals surface area (Å²) in [5.41, 5.74) is 1.95. The summed E-state index contributed by atoms with van der Waals surface area (Å²) in [6.07, 6.45) is 14.2. The van der Waals surface area contributed by atoms with Crippen molar-refractivity contribution < 1.29 is 0 Å². The predicted molar refractivity (Wildman–Crippen MR) is 98.4 cm³/mol. The van der Waals surface area contributed by atoms with E-state index < -0.39 is 0 Å². The second-order valence-corrected chi connectivity index (χ2v) is 12.0. The summed E-state index contributed by atoms with van der Waals surface area (Å²) in [5.74, 6) is 9.55. The summed E-state index contributed by atoms with van der Waals surface area (Å²) in [5, 5.41) is 0.993. The van der Waals surface area contributed by atoms with E-state index in [0.717, 1.165) is 39.8 Å². The highest BCUT2D eigenvalue weighted by molar-refractivity contribution is 7.99. The van der Waals surface area contributed by atoms with Gasteiger partial charge in [0, 0.05) is 5.25 Å². The van der Waals surface area contributed by atoms with Gasteiger partial charge in [0.15, 0.2) is 0 Å². The van der Waals surface area contributed by atoms with Crippen molar-refractivity contribution in [3.63, 3.8) is 0 Å². The van der Waals surface area contributed by atoms with Crippen molar-refractivity contribution in [3.05, 3.63) is 0 Å². The highest BCUT2D eigenvalue weighted by Crippen LogP contribution is 3.20. The molecule has 0 radical (unpaired) electrons. The van der Waals surface area contributed by atoms with Crippen LogP contribution in [0.4, 0.5) is 0 Å². The highest BCUT2D eigenvalue weighted by Gasteiger charge is 3.18. The Kier molecular flexibility index (Phi) is 2.87. The van der Waals surface area contributed by atoms with Crippen LogP contribution in [-0.2, 0) is 0 Å². The summed E-state index contributed by atoms with van der Waals surface area (Å²) in [4.78, 5) is 0. The van der Waals surface area contributed by atoms with Crippen LogP contribution in [-0.4, -0.2) is 11.0 Å². The molecule has 6 saturated carbocycles. The largest absolute Gasteiger partial charge is 0.159 e. The lowest BCUT2D eigenvalue weighted by Gasteiger charge is -2.38. The van der Waals surface area contributed by atoms with Gasteiger partial charge in [0.1, 0.15) is 0 Å². The first-order valence-electron chi connectivity index (χ1n) is 10.8. The zero-order chi connectivity index (χ0) is 15.4. The van der Waals surface area contributed by atoms with Gasteiger partial charge in [-0.1, -0.05) is 39.5 Å². The molecule has 0 aromatic rings. The van der Waals surface area contributed by atoms with Gasteiger partial charge in [-0.05, 0) is 90.1 Å². The average Bonchev–Trinajstić information content (AvgIpc) is 3.36. The van der Waals surface area contributed by atoms with Crippen LogP contribution in [0.3, 0.4) is 0 Å². The maximum atomic E-state index is 2.62. The molecule has 128 valence electrons. The van der Waals surface area contributed by atoms with Gasteiger partial charge in [0.05, 0.1) is 0 Å². The SMILES string of the molecule is CCSC1CCCC2CCC(C2)CC(CC23C(C)C4C5C2C453)C1. The van der Waals surface area contributed by atoms with Gasteiger partial charge in [-0.25, -0.2) is 0 Å². The predicted octanol–water partition coefficient (Wildman–Crippen LogP) is 6.01. The third kappa shape index (κ3) is 1.59. The third-order valence-corrected chi connectivity index (χ3v) is 11.1. The molecule has 1 spiro atoms. The fourth-order valence-corrected chi connectivity index (χ4v) is 10.4. The molecule has 0 aromatic heterocycles. The van der Waals surface area contributed by atoms with Crippen LogP contribution in [0.2, 0.25) is 0 Å². The van der Waals surface area contributed by atoms with Gasteiger partial charge >= 0.3 is 0 Å². The Bertz CT molecular complexity index is 528. The number of hydrogen-bond donors (Lipinski definition) is 0. The van der Waals surface area contributed by atoms with Crippen molar-refractivity contribution in [2.24, 2.45) is 52.3 Å². The smallest absolute Gasteiger partial charge is 0.00495 e. The molecule has 10 unspecified atom stereocenters. The molecular formula is C22H34S. The van der Waals surface area contributed by atoms with E-state index in [-0.39, 0.29) is 0 Å². The van der Waals surface area contributed by atoms with E-state index >= 15 is 0 Å². The molecule has 23 heavy (non-hydrogen) atoms. The van der Waals surface area contributed by atoms with E-state index in [1.54, 1.807) is 44.9 Å². The summed E-state index contributed by atoms with van der Waals surface area (Å²) in [7, 11) is 0. The fraction of sp³-hybridized carbons (Fsp3) is 1.00. The Morgan fingerprint density at radius 1 is 0.957 bits per heavy atom. The van der Waals surface area contributed by atoms with Gasteiger partial charge in [-0.15, -0.1) is 0 Å². The van der Waals surface area contributed by atoms with Crippen LogP contribution >= 0.6 is 11.8 Å². The number of hydrogen-bond acceptors (Lipinski definition) is 1. The molecule has 2 bridgehead atoms. The summed E-state index contributed by atoms with van der Waals surface area (Å²) < 4.78 is 0. The Morgan fingerprint density at radius 2 is 1.83 bits per heavy atom. The van der Waals surface area contributed by atoms with Crippen molar-refractivity contribution >= 4 is 11.8 Å².